The average Bonchev–Trinajstić information content (AvgIpc) is 3.41. The van der Waals surface area contributed by atoms with Gasteiger partial charge in [0.05, 0.1) is 6.61 Å². The summed E-state index contributed by atoms with van der Waals surface area (Å²) < 4.78 is 13.1. The number of carbonyl (C=O) groups excluding carboxylic acids is 1. The van der Waals surface area contributed by atoms with Crippen LogP contribution in [-0.4, -0.2) is 36.6 Å². The maximum absolute atomic E-state index is 12.9. The van der Waals surface area contributed by atoms with E-state index in [0.29, 0.717) is 25.2 Å². The number of fused-ring (bicyclic) bond motifs is 1. The number of aliphatic hydroxyl groups is 1. The van der Waals surface area contributed by atoms with E-state index in [0.717, 1.165) is 19.3 Å². The van der Waals surface area contributed by atoms with Gasteiger partial charge in [-0.15, -0.1) is 11.3 Å². The van der Waals surface area contributed by atoms with Crippen LogP contribution in [0, 0.1) is 0 Å². The number of hydrogen-bond acceptors (Lipinski definition) is 5. The Kier molecular flexibility index (Phi) is 6.85. The number of allylic oxidation sites excluding steroid dienone is 1. The summed E-state index contributed by atoms with van der Waals surface area (Å²) in [5, 5.41) is 15.5. The van der Waals surface area contributed by atoms with E-state index in [1.807, 2.05) is 6.08 Å². The summed E-state index contributed by atoms with van der Waals surface area (Å²) in [6.45, 7) is 0.674. The van der Waals surface area contributed by atoms with E-state index in [4.69, 9.17) is 14.6 Å². The minimum Gasteiger partial charge on any atom is -0.459 e. The summed E-state index contributed by atoms with van der Waals surface area (Å²) >= 11 is 1.73. The van der Waals surface area contributed by atoms with Gasteiger partial charge in [0.25, 0.3) is 5.91 Å². The highest BCUT2D eigenvalue weighted by Gasteiger charge is 2.31. The largest absolute Gasteiger partial charge is 0.459 e. The second-order valence-electron chi connectivity index (χ2n) is 7.86. The molecule has 0 unspecified atom stereocenters. The Morgan fingerprint density at radius 3 is 2.90 bits per heavy atom. The quantitative estimate of drug-likeness (QED) is 0.625. The van der Waals surface area contributed by atoms with Crippen molar-refractivity contribution in [1.82, 2.24) is 5.32 Å². The van der Waals surface area contributed by atoms with Crippen molar-refractivity contribution in [2.24, 2.45) is 0 Å². The molecule has 29 heavy (non-hydrogen) atoms. The van der Waals surface area contributed by atoms with Gasteiger partial charge in [-0.25, -0.2) is 0 Å². The van der Waals surface area contributed by atoms with Crippen molar-refractivity contribution in [3.05, 3.63) is 47.0 Å². The fourth-order valence-electron chi connectivity index (χ4n) is 4.18. The molecule has 0 bridgehead atoms. The average molecular weight is 416 g/mol. The first-order valence-electron chi connectivity index (χ1n) is 10.6. The summed E-state index contributed by atoms with van der Waals surface area (Å²) in [6.07, 6.45) is 8.10. The van der Waals surface area contributed by atoms with Crippen LogP contribution >= 0.6 is 11.3 Å². The molecule has 0 spiro atoms. The summed E-state index contributed by atoms with van der Waals surface area (Å²) in [6, 6.07) is 8.62. The fourth-order valence-corrected chi connectivity index (χ4v) is 5.20. The Balaban J connectivity index is 1.53. The maximum atomic E-state index is 12.9. The van der Waals surface area contributed by atoms with Crippen LogP contribution in [-0.2, 0) is 14.3 Å². The molecule has 2 aliphatic rings. The molecule has 0 saturated heterocycles. The van der Waals surface area contributed by atoms with Crippen LogP contribution in [0.25, 0.3) is 10.1 Å². The van der Waals surface area contributed by atoms with Crippen LogP contribution < -0.4 is 5.32 Å². The molecular weight excluding hydrogens is 386 g/mol. The van der Waals surface area contributed by atoms with E-state index in [-0.39, 0.29) is 24.5 Å². The molecule has 1 saturated carbocycles. The van der Waals surface area contributed by atoms with Gasteiger partial charge in [0.1, 0.15) is 0 Å². The minimum absolute atomic E-state index is 0.0760. The molecule has 4 rings (SSSR count). The van der Waals surface area contributed by atoms with Gasteiger partial charge in [0.2, 0.25) is 6.29 Å². The SMILES string of the molecule is O=C(NC1CCCC1)C1=C[C@@H](c2csc3ccccc23)C[C@@H](OCCCCO)O1. The number of carbonyl (C=O) groups is 1. The lowest BCUT2D eigenvalue weighted by molar-refractivity contribution is -0.146. The molecular formula is C23H29NO4S. The summed E-state index contributed by atoms with van der Waals surface area (Å²) in [7, 11) is 0. The zero-order valence-corrected chi connectivity index (χ0v) is 17.5. The predicted molar refractivity (Wildman–Crippen MR) is 115 cm³/mol. The topological polar surface area (TPSA) is 67.8 Å². The van der Waals surface area contributed by atoms with Crippen LogP contribution in [0.2, 0.25) is 0 Å². The second-order valence-corrected chi connectivity index (χ2v) is 8.78. The zero-order chi connectivity index (χ0) is 20.1. The third-order valence-electron chi connectivity index (χ3n) is 5.74. The first-order valence-corrected chi connectivity index (χ1v) is 11.5. The number of benzene rings is 1. The van der Waals surface area contributed by atoms with E-state index in [1.54, 1.807) is 11.3 Å². The van der Waals surface area contributed by atoms with E-state index < -0.39 is 6.29 Å². The molecule has 1 aliphatic carbocycles. The van der Waals surface area contributed by atoms with Crippen LogP contribution in [0.15, 0.2) is 41.5 Å². The molecule has 2 atom stereocenters. The van der Waals surface area contributed by atoms with E-state index >= 15 is 0 Å². The van der Waals surface area contributed by atoms with Gasteiger partial charge in [-0.1, -0.05) is 31.0 Å². The molecule has 156 valence electrons. The number of nitrogens with one attached hydrogen (secondary N) is 1. The monoisotopic (exact) mass is 415 g/mol. The van der Waals surface area contributed by atoms with Gasteiger partial charge < -0.3 is 19.9 Å². The fraction of sp³-hybridized carbons (Fsp3) is 0.522. The number of unbranched alkanes of at least 4 members (excludes halogenated alkanes) is 1. The molecule has 1 aromatic heterocycles. The highest BCUT2D eigenvalue weighted by molar-refractivity contribution is 7.17. The maximum Gasteiger partial charge on any atom is 0.286 e. The molecule has 1 amide bonds. The predicted octanol–water partition coefficient (Wildman–Crippen LogP) is 4.46. The van der Waals surface area contributed by atoms with Crippen LogP contribution in [0.3, 0.4) is 0 Å². The third kappa shape index (κ3) is 5.00. The van der Waals surface area contributed by atoms with Crippen LogP contribution in [0.4, 0.5) is 0 Å². The van der Waals surface area contributed by atoms with Crippen molar-refractivity contribution >= 4 is 27.3 Å². The van der Waals surface area contributed by atoms with Crippen molar-refractivity contribution in [1.29, 1.82) is 0 Å². The Hall–Kier alpha value is -1.89. The standard InChI is InChI=1S/C23H29NO4S/c25-11-5-6-12-27-22-14-16(19-15-29-21-10-4-3-9-18(19)21)13-20(28-22)23(26)24-17-7-1-2-8-17/h3-4,9-10,13,15-17,22,25H,1-2,5-8,11-12,14H2,(H,24,26)/t16-,22+/m1/s1. The summed E-state index contributed by atoms with van der Waals surface area (Å²) in [5.41, 5.74) is 1.23. The summed E-state index contributed by atoms with van der Waals surface area (Å²) in [4.78, 5) is 12.9. The molecule has 6 heteroatoms. The van der Waals surface area contributed by atoms with Gasteiger partial charge in [-0.3, -0.25) is 4.79 Å². The lowest BCUT2D eigenvalue weighted by atomic mass is 9.92. The van der Waals surface area contributed by atoms with E-state index in [2.05, 4.69) is 35.0 Å². The Bertz CT molecular complexity index is 855. The molecule has 1 aliphatic heterocycles. The second kappa shape index (κ2) is 9.74. The smallest absolute Gasteiger partial charge is 0.286 e. The van der Waals surface area contributed by atoms with Crippen molar-refractivity contribution in [3.8, 4) is 0 Å². The lowest BCUT2D eigenvalue weighted by Gasteiger charge is -2.29. The molecule has 2 aromatic rings. The number of aliphatic hydroxyl groups excluding tert-OH is 1. The number of ether oxygens (including phenoxy) is 2. The summed E-state index contributed by atoms with van der Waals surface area (Å²) in [5.74, 6) is 0.313. The number of rotatable bonds is 8. The zero-order valence-electron chi connectivity index (χ0n) is 16.6. The molecule has 2 N–H and O–H groups in total. The van der Waals surface area contributed by atoms with Gasteiger partial charge in [-0.2, -0.15) is 0 Å². The first kappa shape index (κ1) is 20.4. The molecule has 2 heterocycles. The van der Waals surface area contributed by atoms with Crippen LogP contribution in [0.5, 0.6) is 0 Å². The Morgan fingerprint density at radius 2 is 2.07 bits per heavy atom. The van der Waals surface area contributed by atoms with Crippen molar-refractivity contribution in [3.63, 3.8) is 0 Å². The van der Waals surface area contributed by atoms with Gasteiger partial charge >= 0.3 is 0 Å². The molecule has 1 aromatic carbocycles. The Labute approximate surface area is 175 Å². The number of hydrogen-bond donors (Lipinski definition) is 2. The van der Waals surface area contributed by atoms with Crippen molar-refractivity contribution < 1.29 is 19.4 Å². The number of amides is 1. The van der Waals surface area contributed by atoms with E-state index in [1.165, 1.54) is 28.5 Å². The highest BCUT2D eigenvalue weighted by atomic mass is 32.1. The lowest BCUT2D eigenvalue weighted by Crippen LogP contribution is -2.37. The first-order chi connectivity index (χ1) is 14.2. The van der Waals surface area contributed by atoms with Crippen molar-refractivity contribution in [2.75, 3.05) is 13.2 Å². The third-order valence-corrected chi connectivity index (χ3v) is 6.72. The molecule has 0 radical (unpaired) electrons. The Morgan fingerprint density at radius 1 is 1.24 bits per heavy atom. The minimum atomic E-state index is -0.452. The molecule has 5 nitrogen and oxygen atoms in total. The normalized spacial score (nSPS) is 22.4. The molecule has 1 fully saturated rings. The van der Waals surface area contributed by atoms with Gasteiger partial charge in [0, 0.05) is 29.7 Å². The van der Waals surface area contributed by atoms with Crippen LogP contribution in [0.1, 0.15) is 56.4 Å². The van der Waals surface area contributed by atoms with Crippen molar-refractivity contribution in [2.45, 2.75) is 63.2 Å². The highest BCUT2D eigenvalue weighted by Crippen LogP contribution is 2.38. The van der Waals surface area contributed by atoms with Gasteiger partial charge in [0.15, 0.2) is 5.76 Å². The van der Waals surface area contributed by atoms with E-state index in [9.17, 15) is 4.79 Å². The number of thiophene rings is 1. The van der Waals surface area contributed by atoms with Gasteiger partial charge in [-0.05, 0) is 54.2 Å².